The van der Waals surface area contributed by atoms with E-state index < -0.39 is 0 Å². The van der Waals surface area contributed by atoms with Gasteiger partial charge in [-0.25, -0.2) is 9.67 Å². The molecule has 0 unspecified atom stereocenters. The predicted molar refractivity (Wildman–Crippen MR) is 82.3 cm³/mol. The summed E-state index contributed by atoms with van der Waals surface area (Å²) < 4.78 is 1.62. The van der Waals surface area contributed by atoms with E-state index in [4.69, 9.17) is 11.6 Å². The lowest BCUT2D eigenvalue weighted by atomic mass is 10.2. The number of hydrogen-bond donors (Lipinski definition) is 1. The third kappa shape index (κ3) is 2.71. The molecular formula is C15H17ClN4O2. The molecule has 1 atom stereocenters. The number of amides is 1. The second kappa shape index (κ2) is 6.06. The summed E-state index contributed by atoms with van der Waals surface area (Å²) >= 11 is 5.88. The zero-order valence-corrected chi connectivity index (χ0v) is 13.0. The number of halogens is 1. The first-order valence-corrected chi connectivity index (χ1v) is 7.59. The second-order valence-electron chi connectivity index (χ2n) is 5.35. The molecule has 1 saturated heterocycles. The van der Waals surface area contributed by atoms with Crippen molar-refractivity contribution in [2.24, 2.45) is 0 Å². The van der Waals surface area contributed by atoms with E-state index >= 15 is 0 Å². The molecule has 1 aliphatic rings. The van der Waals surface area contributed by atoms with Gasteiger partial charge in [-0.3, -0.25) is 4.79 Å². The fourth-order valence-electron chi connectivity index (χ4n) is 2.73. The van der Waals surface area contributed by atoms with Gasteiger partial charge in [-0.1, -0.05) is 11.6 Å². The number of likely N-dealkylation sites (tertiary alicyclic amines) is 1. The van der Waals surface area contributed by atoms with Gasteiger partial charge in [0.05, 0.1) is 18.3 Å². The number of aliphatic hydroxyl groups excluding tert-OH is 1. The number of carbonyl (C=O) groups excluding carboxylic acids is 1. The first-order valence-electron chi connectivity index (χ1n) is 7.21. The fourth-order valence-corrected chi connectivity index (χ4v) is 2.85. The van der Waals surface area contributed by atoms with Crippen LogP contribution >= 0.6 is 11.6 Å². The summed E-state index contributed by atoms with van der Waals surface area (Å²) in [5.41, 5.74) is 0.800. The van der Waals surface area contributed by atoms with Gasteiger partial charge in [0.1, 0.15) is 5.82 Å². The molecule has 116 valence electrons. The van der Waals surface area contributed by atoms with Crippen LogP contribution in [0.4, 0.5) is 0 Å². The zero-order valence-electron chi connectivity index (χ0n) is 12.2. The molecule has 2 aromatic rings. The van der Waals surface area contributed by atoms with Gasteiger partial charge in [-0.2, -0.15) is 0 Å². The van der Waals surface area contributed by atoms with Crippen molar-refractivity contribution < 1.29 is 9.90 Å². The van der Waals surface area contributed by atoms with Crippen molar-refractivity contribution in [3.8, 4) is 5.69 Å². The molecule has 1 aromatic carbocycles. The van der Waals surface area contributed by atoms with Crippen LogP contribution in [0, 0.1) is 6.92 Å². The molecule has 0 radical (unpaired) electrons. The molecule has 1 aliphatic heterocycles. The average molecular weight is 321 g/mol. The number of aromatic nitrogens is 3. The van der Waals surface area contributed by atoms with Crippen molar-refractivity contribution in [1.29, 1.82) is 0 Å². The van der Waals surface area contributed by atoms with Crippen molar-refractivity contribution in [3.63, 3.8) is 0 Å². The van der Waals surface area contributed by atoms with E-state index in [1.54, 1.807) is 28.6 Å². The summed E-state index contributed by atoms with van der Waals surface area (Å²) in [6.45, 7) is 2.41. The molecule has 1 fully saturated rings. The Bertz CT molecular complexity index is 683. The molecule has 3 rings (SSSR count). The Morgan fingerprint density at radius 3 is 2.82 bits per heavy atom. The van der Waals surface area contributed by atoms with Crippen LogP contribution in [0.2, 0.25) is 5.02 Å². The summed E-state index contributed by atoms with van der Waals surface area (Å²) in [5.74, 6) is 0.561. The largest absolute Gasteiger partial charge is 0.394 e. The van der Waals surface area contributed by atoms with Gasteiger partial charge in [-0.05, 0) is 44.0 Å². The van der Waals surface area contributed by atoms with Gasteiger partial charge in [0.2, 0.25) is 5.82 Å². The van der Waals surface area contributed by atoms with Gasteiger partial charge >= 0.3 is 0 Å². The molecule has 1 N–H and O–H groups in total. The number of nitrogens with zero attached hydrogens (tertiary/aromatic N) is 4. The van der Waals surface area contributed by atoms with E-state index in [2.05, 4.69) is 10.1 Å². The molecule has 7 heteroatoms. The number of hydrogen-bond acceptors (Lipinski definition) is 4. The van der Waals surface area contributed by atoms with Crippen molar-refractivity contribution in [2.75, 3.05) is 13.2 Å². The molecule has 1 amide bonds. The summed E-state index contributed by atoms with van der Waals surface area (Å²) in [4.78, 5) is 18.4. The van der Waals surface area contributed by atoms with Crippen LogP contribution in [0.15, 0.2) is 24.3 Å². The molecule has 0 bridgehead atoms. The van der Waals surface area contributed by atoms with Gasteiger partial charge < -0.3 is 10.0 Å². The van der Waals surface area contributed by atoms with Crippen LogP contribution < -0.4 is 0 Å². The zero-order chi connectivity index (χ0) is 15.7. The van der Waals surface area contributed by atoms with Crippen LogP contribution in [-0.4, -0.2) is 49.9 Å². The second-order valence-corrected chi connectivity index (χ2v) is 5.78. The number of rotatable bonds is 3. The van der Waals surface area contributed by atoms with Crippen LogP contribution in [0.5, 0.6) is 0 Å². The maximum Gasteiger partial charge on any atom is 0.293 e. The lowest BCUT2D eigenvalue weighted by Crippen LogP contribution is -2.38. The normalized spacial score (nSPS) is 18.0. The lowest BCUT2D eigenvalue weighted by molar-refractivity contribution is 0.0665. The summed E-state index contributed by atoms with van der Waals surface area (Å²) in [5, 5.41) is 14.3. The smallest absolute Gasteiger partial charge is 0.293 e. The predicted octanol–water partition coefficient (Wildman–Crippen LogP) is 1.83. The number of aryl methyl sites for hydroxylation is 1. The van der Waals surface area contributed by atoms with E-state index in [0.717, 1.165) is 18.5 Å². The van der Waals surface area contributed by atoms with E-state index in [9.17, 15) is 9.90 Å². The Kier molecular flexibility index (Phi) is 4.13. The Morgan fingerprint density at radius 1 is 1.41 bits per heavy atom. The number of benzene rings is 1. The van der Waals surface area contributed by atoms with Crippen molar-refractivity contribution >= 4 is 17.5 Å². The molecule has 0 spiro atoms. The summed E-state index contributed by atoms with van der Waals surface area (Å²) in [6, 6.07) is 7.05. The van der Waals surface area contributed by atoms with Crippen molar-refractivity contribution in [3.05, 3.63) is 40.9 Å². The molecule has 22 heavy (non-hydrogen) atoms. The van der Waals surface area contributed by atoms with Crippen LogP contribution in [0.1, 0.15) is 29.3 Å². The number of aliphatic hydroxyl groups is 1. The molecule has 2 heterocycles. The summed E-state index contributed by atoms with van der Waals surface area (Å²) in [7, 11) is 0. The first kappa shape index (κ1) is 15.0. The van der Waals surface area contributed by atoms with Crippen LogP contribution in [0.25, 0.3) is 5.69 Å². The van der Waals surface area contributed by atoms with Gasteiger partial charge in [-0.15, -0.1) is 5.10 Å². The van der Waals surface area contributed by atoms with Crippen molar-refractivity contribution in [2.45, 2.75) is 25.8 Å². The van der Waals surface area contributed by atoms with Gasteiger partial charge in [0.15, 0.2) is 0 Å². The lowest BCUT2D eigenvalue weighted by Gasteiger charge is -2.21. The Balaban J connectivity index is 1.88. The highest BCUT2D eigenvalue weighted by Gasteiger charge is 2.31. The van der Waals surface area contributed by atoms with E-state index in [1.165, 1.54) is 0 Å². The SMILES string of the molecule is Cc1nc(C(=O)N2CCC[C@@H]2CO)nn1-c1ccc(Cl)cc1. The quantitative estimate of drug-likeness (QED) is 0.936. The molecular weight excluding hydrogens is 304 g/mol. The number of carbonyl (C=O) groups is 1. The minimum Gasteiger partial charge on any atom is -0.394 e. The highest BCUT2D eigenvalue weighted by molar-refractivity contribution is 6.30. The Labute approximate surface area is 133 Å². The average Bonchev–Trinajstić information content (AvgIpc) is 3.14. The minimum absolute atomic E-state index is 0.0252. The maximum atomic E-state index is 12.5. The monoisotopic (exact) mass is 320 g/mol. The summed E-state index contributed by atoms with van der Waals surface area (Å²) in [6.07, 6.45) is 1.72. The van der Waals surface area contributed by atoms with E-state index in [1.807, 2.05) is 12.1 Å². The molecule has 0 aliphatic carbocycles. The van der Waals surface area contributed by atoms with E-state index in [-0.39, 0.29) is 24.4 Å². The maximum absolute atomic E-state index is 12.5. The topological polar surface area (TPSA) is 71.2 Å². The van der Waals surface area contributed by atoms with Crippen LogP contribution in [-0.2, 0) is 0 Å². The molecule has 1 aromatic heterocycles. The van der Waals surface area contributed by atoms with Crippen LogP contribution in [0.3, 0.4) is 0 Å². The van der Waals surface area contributed by atoms with Gasteiger partial charge in [0.25, 0.3) is 5.91 Å². The third-order valence-electron chi connectivity index (χ3n) is 3.88. The minimum atomic E-state index is -0.229. The highest BCUT2D eigenvalue weighted by Crippen LogP contribution is 2.20. The molecule has 0 saturated carbocycles. The standard InChI is InChI=1S/C15H17ClN4O2/c1-10-17-14(15(22)19-8-2-3-13(19)9-21)18-20(10)12-6-4-11(16)5-7-12/h4-7,13,21H,2-3,8-9H2,1H3/t13-/m1/s1. The fraction of sp³-hybridized carbons (Fsp3) is 0.400. The van der Waals surface area contributed by atoms with Gasteiger partial charge in [0, 0.05) is 11.6 Å². The Morgan fingerprint density at radius 2 is 2.14 bits per heavy atom. The highest BCUT2D eigenvalue weighted by atomic mass is 35.5. The third-order valence-corrected chi connectivity index (χ3v) is 4.13. The molecule has 6 nitrogen and oxygen atoms in total. The Hall–Kier alpha value is -1.92. The van der Waals surface area contributed by atoms with Crippen molar-refractivity contribution in [1.82, 2.24) is 19.7 Å². The first-order chi connectivity index (χ1) is 10.6. The van der Waals surface area contributed by atoms with E-state index in [0.29, 0.717) is 17.4 Å².